The topological polar surface area (TPSA) is 66.0 Å². The van der Waals surface area contributed by atoms with Gasteiger partial charge in [0.1, 0.15) is 5.82 Å². The Morgan fingerprint density at radius 2 is 1.68 bits per heavy atom. The van der Waals surface area contributed by atoms with Crippen molar-refractivity contribution in [2.75, 3.05) is 29.9 Å². The predicted molar refractivity (Wildman–Crippen MR) is 127 cm³/mol. The molecule has 5 rings (SSSR count). The second-order valence-electron chi connectivity index (χ2n) is 7.96. The zero-order valence-electron chi connectivity index (χ0n) is 17.6. The highest BCUT2D eigenvalue weighted by atomic mass is 15.3. The predicted octanol–water partition coefficient (Wildman–Crippen LogP) is 4.62. The molecule has 2 aromatic heterocycles. The summed E-state index contributed by atoms with van der Waals surface area (Å²) in [5.74, 6) is 1.62. The molecule has 3 heterocycles. The van der Waals surface area contributed by atoms with Crippen molar-refractivity contribution in [1.29, 1.82) is 0 Å². The first-order valence-corrected chi connectivity index (χ1v) is 10.8. The van der Waals surface area contributed by atoms with E-state index in [1.807, 2.05) is 36.7 Å². The summed E-state index contributed by atoms with van der Waals surface area (Å²) in [5.41, 5.74) is 4.26. The smallest absolute Gasteiger partial charge is 0.227 e. The Morgan fingerprint density at radius 1 is 0.903 bits per heavy atom. The van der Waals surface area contributed by atoms with Gasteiger partial charge in [0.2, 0.25) is 5.95 Å². The molecular formula is C25H26N6. The molecule has 31 heavy (non-hydrogen) atoms. The van der Waals surface area contributed by atoms with Crippen molar-refractivity contribution in [3.8, 4) is 11.1 Å². The number of hydrogen-bond acceptors (Lipinski definition) is 6. The Kier molecular flexibility index (Phi) is 5.46. The largest absolute Gasteiger partial charge is 0.340 e. The van der Waals surface area contributed by atoms with Crippen molar-refractivity contribution < 1.29 is 0 Å². The van der Waals surface area contributed by atoms with Gasteiger partial charge < -0.3 is 15.5 Å². The van der Waals surface area contributed by atoms with Gasteiger partial charge in [0.05, 0.1) is 5.52 Å². The van der Waals surface area contributed by atoms with Crippen LogP contribution in [0.15, 0.2) is 73.1 Å². The molecule has 1 atom stereocenters. The van der Waals surface area contributed by atoms with Crippen molar-refractivity contribution in [3.05, 3.63) is 73.1 Å². The SMILES string of the molecule is CC1CCN(c2nc(Nc3ccc(-c4ccncc4)cc3)c3ccccc3n2)CCN1. The van der Waals surface area contributed by atoms with Crippen molar-refractivity contribution >= 4 is 28.4 Å². The van der Waals surface area contributed by atoms with Gasteiger partial charge in [-0.3, -0.25) is 4.98 Å². The van der Waals surface area contributed by atoms with Crippen LogP contribution in [0.1, 0.15) is 13.3 Å². The molecule has 2 N–H and O–H groups in total. The number of pyridine rings is 1. The lowest BCUT2D eigenvalue weighted by atomic mass is 10.1. The molecule has 1 saturated heterocycles. The fourth-order valence-corrected chi connectivity index (χ4v) is 3.94. The number of rotatable bonds is 4. The first kappa shape index (κ1) is 19.5. The average Bonchev–Trinajstić information content (AvgIpc) is 3.04. The summed E-state index contributed by atoms with van der Waals surface area (Å²) in [5, 5.41) is 8.08. The third-order valence-corrected chi connectivity index (χ3v) is 5.74. The third-order valence-electron chi connectivity index (χ3n) is 5.74. The zero-order valence-corrected chi connectivity index (χ0v) is 17.6. The second-order valence-corrected chi connectivity index (χ2v) is 7.96. The number of benzene rings is 2. The maximum absolute atomic E-state index is 4.93. The molecule has 1 unspecified atom stereocenters. The van der Waals surface area contributed by atoms with Crippen LogP contribution in [0.3, 0.4) is 0 Å². The van der Waals surface area contributed by atoms with Crippen LogP contribution in [0, 0.1) is 0 Å². The van der Waals surface area contributed by atoms with E-state index in [4.69, 9.17) is 9.97 Å². The first-order valence-electron chi connectivity index (χ1n) is 10.8. The Bertz CT molecular complexity index is 1160. The molecule has 0 saturated carbocycles. The molecule has 156 valence electrons. The van der Waals surface area contributed by atoms with Crippen LogP contribution in [0.4, 0.5) is 17.5 Å². The number of anilines is 3. The summed E-state index contributed by atoms with van der Waals surface area (Å²) in [4.78, 5) is 16.2. The van der Waals surface area contributed by atoms with Crippen LogP contribution in [0.25, 0.3) is 22.0 Å². The van der Waals surface area contributed by atoms with Gasteiger partial charge in [0.15, 0.2) is 0 Å². The van der Waals surface area contributed by atoms with E-state index < -0.39 is 0 Å². The lowest BCUT2D eigenvalue weighted by Gasteiger charge is -2.21. The number of nitrogens with one attached hydrogen (secondary N) is 2. The minimum Gasteiger partial charge on any atom is -0.340 e. The fourth-order valence-electron chi connectivity index (χ4n) is 3.94. The molecule has 0 amide bonds. The molecule has 1 fully saturated rings. The number of para-hydroxylation sites is 1. The van der Waals surface area contributed by atoms with Crippen LogP contribution < -0.4 is 15.5 Å². The van der Waals surface area contributed by atoms with Crippen LogP contribution in [0.5, 0.6) is 0 Å². The van der Waals surface area contributed by atoms with Crippen molar-refractivity contribution in [2.45, 2.75) is 19.4 Å². The van der Waals surface area contributed by atoms with Crippen LogP contribution in [-0.2, 0) is 0 Å². The first-order chi connectivity index (χ1) is 15.3. The lowest BCUT2D eigenvalue weighted by molar-refractivity contribution is 0.566. The summed E-state index contributed by atoms with van der Waals surface area (Å²) < 4.78 is 0. The Morgan fingerprint density at radius 3 is 2.52 bits per heavy atom. The second kappa shape index (κ2) is 8.70. The summed E-state index contributed by atoms with van der Waals surface area (Å²) in [6.07, 6.45) is 4.71. The van der Waals surface area contributed by atoms with Gasteiger partial charge in [-0.2, -0.15) is 4.98 Å². The molecule has 2 aromatic carbocycles. The van der Waals surface area contributed by atoms with Crippen LogP contribution in [0.2, 0.25) is 0 Å². The highest BCUT2D eigenvalue weighted by molar-refractivity contribution is 5.91. The normalized spacial score (nSPS) is 16.8. The van der Waals surface area contributed by atoms with Gasteiger partial charge in [0, 0.05) is 49.1 Å². The van der Waals surface area contributed by atoms with E-state index >= 15 is 0 Å². The monoisotopic (exact) mass is 410 g/mol. The van der Waals surface area contributed by atoms with E-state index in [0.29, 0.717) is 6.04 Å². The maximum Gasteiger partial charge on any atom is 0.227 e. The maximum atomic E-state index is 4.93. The lowest BCUT2D eigenvalue weighted by Crippen LogP contribution is -2.30. The minimum atomic E-state index is 0.516. The quantitative estimate of drug-likeness (QED) is 0.512. The van der Waals surface area contributed by atoms with E-state index in [2.05, 4.69) is 63.8 Å². The molecule has 0 spiro atoms. The number of hydrogen-bond donors (Lipinski definition) is 2. The molecule has 0 radical (unpaired) electrons. The average molecular weight is 411 g/mol. The molecule has 6 nitrogen and oxygen atoms in total. The number of aromatic nitrogens is 3. The molecule has 6 heteroatoms. The third kappa shape index (κ3) is 4.34. The molecule has 0 bridgehead atoms. The van der Waals surface area contributed by atoms with Gasteiger partial charge in [-0.1, -0.05) is 24.3 Å². The Hall–Kier alpha value is -3.51. The summed E-state index contributed by atoms with van der Waals surface area (Å²) >= 11 is 0. The zero-order chi connectivity index (χ0) is 21.0. The van der Waals surface area contributed by atoms with E-state index in [-0.39, 0.29) is 0 Å². The highest BCUT2D eigenvalue weighted by Gasteiger charge is 2.17. The summed E-state index contributed by atoms with van der Waals surface area (Å²) in [6.45, 7) is 5.03. The summed E-state index contributed by atoms with van der Waals surface area (Å²) in [6, 6.07) is 21.1. The molecule has 1 aliphatic rings. The molecule has 0 aliphatic carbocycles. The van der Waals surface area contributed by atoms with Gasteiger partial charge in [-0.15, -0.1) is 0 Å². The minimum absolute atomic E-state index is 0.516. The van der Waals surface area contributed by atoms with Gasteiger partial charge >= 0.3 is 0 Å². The fraction of sp³-hybridized carbons (Fsp3) is 0.240. The summed E-state index contributed by atoms with van der Waals surface area (Å²) in [7, 11) is 0. The Labute approximate surface area is 182 Å². The molecule has 1 aliphatic heterocycles. The van der Waals surface area contributed by atoms with Crippen LogP contribution >= 0.6 is 0 Å². The number of fused-ring (bicyclic) bond motifs is 1. The van der Waals surface area contributed by atoms with E-state index in [1.54, 1.807) is 0 Å². The Balaban J connectivity index is 1.46. The van der Waals surface area contributed by atoms with Gasteiger partial charge in [0.25, 0.3) is 0 Å². The van der Waals surface area contributed by atoms with Crippen molar-refractivity contribution in [2.24, 2.45) is 0 Å². The number of nitrogens with zero attached hydrogens (tertiary/aromatic N) is 4. The standard InChI is InChI=1S/C25H26N6/c1-18-12-16-31(17-15-27-18)25-29-23-5-3-2-4-22(23)24(30-25)28-21-8-6-19(7-9-21)20-10-13-26-14-11-20/h2-11,13-14,18,27H,12,15-17H2,1H3,(H,28,29,30). The van der Waals surface area contributed by atoms with Crippen molar-refractivity contribution in [1.82, 2.24) is 20.3 Å². The molecular weight excluding hydrogens is 384 g/mol. The van der Waals surface area contributed by atoms with Gasteiger partial charge in [-0.05, 0) is 60.9 Å². The van der Waals surface area contributed by atoms with E-state index in [1.165, 1.54) is 0 Å². The van der Waals surface area contributed by atoms with E-state index in [0.717, 1.165) is 65.5 Å². The van der Waals surface area contributed by atoms with E-state index in [9.17, 15) is 0 Å². The van der Waals surface area contributed by atoms with Crippen LogP contribution in [-0.4, -0.2) is 40.6 Å². The van der Waals surface area contributed by atoms with Gasteiger partial charge in [-0.25, -0.2) is 4.98 Å². The van der Waals surface area contributed by atoms with Crippen molar-refractivity contribution in [3.63, 3.8) is 0 Å². The highest BCUT2D eigenvalue weighted by Crippen LogP contribution is 2.28. The molecule has 4 aromatic rings.